The summed E-state index contributed by atoms with van der Waals surface area (Å²) in [4.78, 5) is 14.5. The van der Waals surface area contributed by atoms with E-state index in [4.69, 9.17) is 11.6 Å². The predicted molar refractivity (Wildman–Crippen MR) is 68.2 cm³/mol. The van der Waals surface area contributed by atoms with E-state index < -0.39 is 0 Å². The smallest absolute Gasteiger partial charge is 0.153 e. The zero-order chi connectivity index (χ0) is 11.8. The monoisotopic (exact) mass is 249 g/mol. The molecule has 0 N–H and O–H groups in total. The first-order valence-electron chi connectivity index (χ1n) is 6.26. The van der Waals surface area contributed by atoms with Gasteiger partial charge in [0.05, 0.1) is 6.04 Å². The Morgan fingerprint density at radius 2 is 1.82 bits per heavy atom. The van der Waals surface area contributed by atoms with Crippen molar-refractivity contribution in [1.29, 1.82) is 0 Å². The third kappa shape index (κ3) is 2.12. The quantitative estimate of drug-likeness (QED) is 0.803. The highest BCUT2D eigenvalue weighted by atomic mass is 35.5. The molecule has 3 aliphatic rings. The van der Waals surface area contributed by atoms with Crippen molar-refractivity contribution in [3.8, 4) is 0 Å². The molecule has 3 aliphatic heterocycles. The molecule has 0 spiro atoms. The van der Waals surface area contributed by atoms with Gasteiger partial charge in [-0.1, -0.05) is 23.7 Å². The predicted octanol–water partition coefficient (Wildman–Crippen LogP) is 2.55. The van der Waals surface area contributed by atoms with Crippen LogP contribution in [0.25, 0.3) is 0 Å². The van der Waals surface area contributed by atoms with Crippen LogP contribution in [0.5, 0.6) is 0 Å². The summed E-state index contributed by atoms with van der Waals surface area (Å²) >= 11 is 5.87. The molecule has 0 amide bonds. The summed E-state index contributed by atoms with van der Waals surface area (Å²) in [6.45, 7) is 2.18. The Balaban J connectivity index is 1.76. The minimum Gasteiger partial charge on any atom is -0.298 e. The number of ketones is 1. The molecule has 2 bridgehead atoms. The van der Waals surface area contributed by atoms with E-state index in [-0.39, 0.29) is 6.04 Å². The third-order valence-electron chi connectivity index (χ3n) is 4.04. The molecule has 3 heteroatoms. The number of hydrogen-bond donors (Lipinski definition) is 0. The number of benzene rings is 1. The molecule has 2 nitrogen and oxygen atoms in total. The summed E-state index contributed by atoms with van der Waals surface area (Å²) < 4.78 is 0. The number of piperidine rings is 3. The summed E-state index contributed by atoms with van der Waals surface area (Å²) in [5.74, 6) is 0.787. The highest BCUT2D eigenvalue weighted by Gasteiger charge is 2.40. The standard InChI is InChI=1S/C14H16ClNO/c15-12-3-1-10(2-4-12)9-13-14(17)11-5-7-16(13)8-6-11/h1-4,11,13H,5-9H2/t13-/m1/s1. The van der Waals surface area contributed by atoms with E-state index in [1.807, 2.05) is 24.3 Å². The Morgan fingerprint density at radius 1 is 1.18 bits per heavy atom. The number of rotatable bonds is 2. The first-order chi connectivity index (χ1) is 8.24. The Kier molecular flexibility index (Phi) is 2.93. The fraction of sp³-hybridized carbons (Fsp3) is 0.500. The second-order valence-electron chi connectivity index (χ2n) is 5.06. The highest BCUT2D eigenvalue weighted by molar-refractivity contribution is 6.30. The highest BCUT2D eigenvalue weighted by Crippen LogP contribution is 2.30. The normalized spacial score (nSPS) is 31.8. The van der Waals surface area contributed by atoms with Gasteiger partial charge in [0.1, 0.15) is 0 Å². The summed E-state index contributed by atoms with van der Waals surface area (Å²) in [6, 6.07) is 7.97. The Labute approximate surface area is 107 Å². The number of carbonyl (C=O) groups is 1. The van der Waals surface area contributed by atoms with Gasteiger partial charge in [-0.15, -0.1) is 0 Å². The van der Waals surface area contributed by atoms with Crippen LogP contribution in [0.2, 0.25) is 5.02 Å². The van der Waals surface area contributed by atoms with Gasteiger partial charge in [-0.05, 0) is 50.0 Å². The van der Waals surface area contributed by atoms with Crippen LogP contribution in [-0.4, -0.2) is 29.8 Å². The molecule has 1 aromatic carbocycles. The van der Waals surface area contributed by atoms with Crippen molar-refractivity contribution >= 4 is 17.4 Å². The molecule has 3 heterocycles. The summed E-state index contributed by atoms with van der Waals surface area (Å²) in [6.07, 6.45) is 2.97. The zero-order valence-electron chi connectivity index (χ0n) is 9.73. The lowest BCUT2D eigenvalue weighted by molar-refractivity contribution is -0.136. The van der Waals surface area contributed by atoms with Gasteiger partial charge in [0.2, 0.25) is 0 Å². The first-order valence-corrected chi connectivity index (χ1v) is 6.64. The van der Waals surface area contributed by atoms with Crippen LogP contribution in [-0.2, 0) is 11.2 Å². The Bertz CT molecular complexity index is 420. The largest absolute Gasteiger partial charge is 0.298 e. The topological polar surface area (TPSA) is 20.3 Å². The molecule has 90 valence electrons. The number of Topliss-reactive ketones (excluding diaryl/α,β-unsaturated/α-hetero) is 1. The van der Waals surface area contributed by atoms with Gasteiger partial charge in [-0.3, -0.25) is 9.69 Å². The summed E-state index contributed by atoms with van der Waals surface area (Å²) in [7, 11) is 0. The minimum absolute atomic E-state index is 0.115. The number of nitrogens with zero attached hydrogens (tertiary/aromatic N) is 1. The van der Waals surface area contributed by atoms with Crippen molar-refractivity contribution in [2.24, 2.45) is 5.92 Å². The molecule has 3 saturated heterocycles. The Morgan fingerprint density at radius 3 is 2.41 bits per heavy atom. The van der Waals surface area contributed by atoms with E-state index in [1.165, 1.54) is 5.56 Å². The van der Waals surface area contributed by atoms with E-state index in [2.05, 4.69) is 4.90 Å². The average Bonchev–Trinajstić information content (AvgIpc) is 2.37. The van der Waals surface area contributed by atoms with Crippen molar-refractivity contribution in [1.82, 2.24) is 4.90 Å². The molecule has 3 fully saturated rings. The molecular weight excluding hydrogens is 234 g/mol. The molecule has 1 atom stereocenters. The zero-order valence-corrected chi connectivity index (χ0v) is 10.5. The van der Waals surface area contributed by atoms with E-state index >= 15 is 0 Å². The van der Waals surface area contributed by atoms with E-state index in [9.17, 15) is 4.79 Å². The fourth-order valence-electron chi connectivity index (χ4n) is 3.02. The molecule has 0 radical (unpaired) electrons. The lowest BCUT2D eigenvalue weighted by atomic mass is 9.80. The SMILES string of the molecule is O=C1C2CCN(CC2)[C@@H]1Cc1ccc(Cl)cc1. The maximum Gasteiger partial charge on any atom is 0.153 e. The fourth-order valence-corrected chi connectivity index (χ4v) is 3.15. The van der Waals surface area contributed by atoms with Crippen LogP contribution < -0.4 is 0 Å². The van der Waals surface area contributed by atoms with Crippen LogP contribution in [0.3, 0.4) is 0 Å². The number of hydrogen-bond acceptors (Lipinski definition) is 2. The van der Waals surface area contributed by atoms with Gasteiger partial charge in [0.25, 0.3) is 0 Å². The van der Waals surface area contributed by atoms with Gasteiger partial charge < -0.3 is 0 Å². The minimum atomic E-state index is 0.115. The average molecular weight is 250 g/mol. The molecule has 0 aliphatic carbocycles. The second kappa shape index (κ2) is 4.43. The van der Waals surface area contributed by atoms with Crippen molar-refractivity contribution in [2.45, 2.75) is 25.3 Å². The van der Waals surface area contributed by atoms with Crippen LogP contribution in [0.15, 0.2) is 24.3 Å². The lowest BCUT2D eigenvalue weighted by Crippen LogP contribution is -2.56. The molecular formula is C14H16ClNO. The number of halogens is 1. The van der Waals surface area contributed by atoms with Gasteiger partial charge in [0.15, 0.2) is 5.78 Å². The molecule has 0 aromatic heterocycles. The van der Waals surface area contributed by atoms with Crippen LogP contribution in [0, 0.1) is 5.92 Å². The van der Waals surface area contributed by atoms with Crippen LogP contribution in [0.4, 0.5) is 0 Å². The van der Waals surface area contributed by atoms with Crippen LogP contribution in [0.1, 0.15) is 18.4 Å². The molecule has 17 heavy (non-hydrogen) atoms. The van der Waals surface area contributed by atoms with E-state index in [1.54, 1.807) is 0 Å². The first kappa shape index (κ1) is 11.2. The molecule has 0 unspecified atom stereocenters. The van der Waals surface area contributed by atoms with Crippen molar-refractivity contribution in [2.75, 3.05) is 13.1 Å². The summed E-state index contributed by atoms with van der Waals surface area (Å²) in [5, 5.41) is 0.755. The van der Waals surface area contributed by atoms with Crippen molar-refractivity contribution < 1.29 is 4.79 Å². The van der Waals surface area contributed by atoms with Crippen molar-refractivity contribution in [3.05, 3.63) is 34.9 Å². The van der Waals surface area contributed by atoms with E-state index in [0.717, 1.165) is 37.4 Å². The molecule has 1 aromatic rings. The van der Waals surface area contributed by atoms with Gasteiger partial charge in [-0.25, -0.2) is 0 Å². The Hall–Kier alpha value is -0.860. The van der Waals surface area contributed by atoms with Crippen molar-refractivity contribution in [3.63, 3.8) is 0 Å². The third-order valence-corrected chi connectivity index (χ3v) is 4.30. The summed E-state index contributed by atoms with van der Waals surface area (Å²) in [5.41, 5.74) is 1.21. The lowest BCUT2D eigenvalue weighted by Gasteiger charge is -2.44. The molecule has 0 saturated carbocycles. The van der Waals surface area contributed by atoms with E-state index in [0.29, 0.717) is 11.7 Å². The maximum atomic E-state index is 12.2. The number of carbonyl (C=O) groups excluding carboxylic acids is 1. The van der Waals surface area contributed by atoms with Gasteiger partial charge in [0, 0.05) is 10.9 Å². The molecule has 4 rings (SSSR count). The maximum absolute atomic E-state index is 12.2. The number of fused-ring (bicyclic) bond motifs is 3. The van der Waals surface area contributed by atoms with Gasteiger partial charge in [-0.2, -0.15) is 0 Å². The van der Waals surface area contributed by atoms with Gasteiger partial charge >= 0.3 is 0 Å². The van der Waals surface area contributed by atoms with Crippen LogP contribution >= 0.6 is 11.6 Å². The second-order valence-corrected chi connectivity index (χ2v) is 5.50.